The number of fused-ring (bicyclic) bond motifs is 1. The lowest BCUT2D eigenvalue weighted by Gasteiger charge is -2.31. The number of aliphatic hydroxyl groups is 1. The highest BCUT2D eigenvalue weighted by atomic mass is 35.6. The van der Waals surface area contributed by atoms with Gasteiger partial charge < -0.3 is 50.6 Å². The number of aromatic hydroxyl groups is 1. The molecule has 6 aromatic rings. The van der Waals surface area contributed by atoms with Gasteiger partial charge in [-0.15, -0.1) is 0 Å². The number of piperidine rings is 1. The molecule has 24 heteroatoms. The van der Waals surface area contributed by atoms with Gasteiger partial charge >= 0.3 is 18.0 Å². The minimum Gasteiger partial charge on any atom is -0.506 e. The minimum absolute atomic E-state index is 0.0234. The molecule has 0 radical (unpaired) electrons. The van der Waals surface area contributed by atoms with E-state index in [0.29, 0.717) is 60.0 Å². The van der Waals surface area contributed by atoms with Crippen molar-refractivity contribution >= 4 is 122 Å². The Morgan fingerprint density at radius 2 is 1.43 bits per heavy atom. The second-order valence-electron chi connectivity index (χ2n) is 18.2. The fraction of sp³-hybridized carbons (Fsp3) is 0.309. The summed E-state index contributed by atoms with van der Waals surface area (Å²) >= 11 is 28.8. The Bertz CT molecular complexity index is 3080. The number of benzene rings is 5. The lowest BCUT2D eigenvalue weighted by atomic mass is 10.0. The average molecular weight is 1210 g/mol. The standard InChI is InChI=1S/C51H55FN6O7.2C2HCl3O2/c1-33(53-32-46(60)41-17-20-45(59)50-42(41)18-21-47(61)56-50)28-37-29-35(14-19-43(37)52)30-48(62)54-31-34-12-15-38(16-13-34)57(2)49(63)24-27-58-25-22-39(23-26-58)65-51(64)55-44-11-7-6-10-40(44)36-8-4-3-5-9-36;2*3-2(4,5)1(6)7/h3-21,29,33,39,46,53,59-60H,22-28,30-32H2,1-2H3,(H,54,62)(H,55,64)(H,56,61);2*(H,6,7)/t33?,46-;;/m0../s1. The van der Waals surface area contributed by atoms with Crippen LogP contribution in [0.5, 0.6) is 5.75 Å². The van der Waals surface area contributed by atoms with Crippen molar-refractivity contribution in [3.8, 4) is 16.9 Å². The van der Waals surface area contributed by atoms with Crippen LogP contribution in [0, 0.1) is 5.82 Å². The Kier molecular flexibility index (Phi) is 24.1. The van der Waals surface area contributed by atoms with E-state index in [4.69, 9.17) is 84.6 Å². The lowest BCUT2D eigenvalue weighted by molar-refractivity contribution is -0.136. The van der Waals surface area contributed by atoms with Crippen molar-refractivity contribution in [1.82, 2.24) is 20.5 Å². The Balaban J connectivity index is 0.000000725. The number of nitrogens with one attached hydrogen (secondary N) is 4. The molecule has 2 atom stereocenters. The van der Waals surface area contributed by atoms with Crippen LogP contribution >= 0.6 is 69.6 Å². The van der Waals surface area contributed by atoms with Gasteiger partial charge in [-0.05, 0) is 90.4 Å². The summed E-state index contributed by atoms with van der Waals surface area (Å²) in [6, 6.07) is 35.2. The molecule has 422 valence electrons. The number of phenols is 1. The Morgan fingerprint density at radius 3 is 2.06 bits per heavy atom. The van der Waals surface area contributed by atoms with E-state index in [9.17, 15) is 43.4 Å². The number of para-hydroxylation sites is 1. The Hall–Kier alpha value is -6.19. The summed E-state index contributed by atoms with van der Waals surface area (Å²) in [5, 5.41) is 46.4. The van der Waals surface area contributed by atoms with Crippen molar-refractivity contribution in [2.75, 3.05) is 43.4 Å². The van der Waals surface area contributed by atoms with Crippen LogP contribution in [0.1, 0.15) is 54.5 Å². The predicted molar refractivity (Wildman–Crippen MR) is 306 cm³/mol. The molecule has 1 aliphatic heterocycles. The molecular formula is C55H57Cl6FN6O11. The van der Waals surface area contributed by atoms with Gasteiger partial charge in [0.2, 0.25) is 17.4 Å². The maximum Gasteiger partial charge on any atom is 0.411 e. The average Bonchev–Trinajstić information content (AvgIpc) is 3.41. The molecule has 2 heterocycles. The molecule has 1 fully saturated rings. The van der Waals surface area contributed by atoms with E-state index in [1.807, 2.05) is 85.8 Å². The van der Waals surface area contributed by atoms with Crippen molar-refractivity contribution < 1.29 is 53.5 Å². The minimum atomic E-state index is -2.17. The number of likely N-dealkylation sites (tertiary alicyclic amines) is 1. The number of hydrogen-bond acceptors (Lipinski definition) is 11. The van der Waals surface area contributed by atoms with E-state index in [1.54, 1.807) is 36.2 Å². The molecular weight excluding hydrogens is 1150 g/mol. The molecule has 17 nitrogen and oxygen atoms in total. The number of carbonyl (C=O) groups is 5. The van der Waals surface area contributed by atoms with Gasteiger partial charge in [-0.2, -0.15) is 0 Å². The molecule has 0 aliphatic carbocycles. The van der Waals surface area contributed by atoms with Gasteiger partial charge in [0.25, 0.3) is 7.59 Å². The Labute approximate surface area is 484 Å². The highest BCUT2D eigenvalue weighted by Crippen LogP contribution is 2.31. The molecule has 1 saturated heterocycles. The molecule has 3 amide bonds. The van der Waals surface area contributed by atoms with Crippen molar-refractivity contribution in [2.45, 2.75) is 71.4 Å². The number of halogens is 7. The third-order valence-corrected chi connectivity index (χ3v) is 13.3. The van der Waals surface area contributed by atoms with Crippen molar-refractivity contribution in [3.63, 3.8) is 0 Å². The first-order valence-corrected chi connectivity index (χ1v) is 26.7. The van der Waals surface area contributed by atoms with Crippen molar-refractivity contribution in [3.05, 3.63) is 160 Å². The number of H-pyrrole nitrogens is 1. The topological polar surface area (TPSA) is 251 Å². The number of pyridine rings is 1. The predicted octanol–water partition coefficient (Wildman–Crippen LogP) is 10.1. The second kappa shape index (κ2) is 29.9. The molecule has 8 N–H and O–H groups in total. The number of carboxylic acids is 2. The molecule has 5 aromatic carbocycles. The summed E-state index contributed by atoms with van der Waals surface area (Å²) in [4.78, 5) is 76.4. The van der Waals surface area contributed by atoms with Crippen LogP contribution in [0.2, 0.25) is 0 Å². The van der Waals surface area contributed by atoms with E-state index in [1.165, 1.54) is 18.2 Å². The largest absolute Gasteiger partial charge is 0.506 e. The molecule has 1 unspecified atom stereocenters. The lowest BCUT2D eigenvalue weighted by Crippen LogP contribution is -2.40. The first-order valence-electron chi connectivity index (χ1n) is 24.4. The zero-order valence-corrected chi connectivity index (χ0v) is 47.1. The zero-order valence-electron chi connectivity index (χ0n) is 42.5. The van der Waals surface area contributed by atoms with Crippen LogP contribution in [0.25, 0.3) is 22.0 Å². The highest BCUT2D eigenvalue weighted by Gasteiger charge is 2.30. The van der Waals surface area contributed by atoms with E-state index in [2.05, 4.69) is 25.8 Å². The van der Waals surface area contributed by atoms with Crippen LogP contribution in [0.3, 0.4) is 0 Å². The zero-order chi connectivity index (χ0) is 58.0. The second-order valence-corrected chi connectivity index (χ2v) is 22.7. The number of anilines is 2. The van der Waals surface area contributed by atoms with Crippen LogP contribution in [0.15, 0.2) is 126 Å². The van der Waals surface area contributed by atoms with E-state index < -0.39 is 37.5 Å². The number of amides is 3. The smallest absolute Gasteiger partial charge is 0.411 e. The number of aliphatic hydroxyl groups excluding tert-OH is 1. The number of alkyl halides is 6. The fourth-order valence-electron chi connectivity index (χ4n) is 8.12. The summed E-state index contributed by atoms with van der Waals surface area (Å²) in [7, 11) is 1.75. The molecule has 7 rings (SSSR count). The Morgan fingerprint density at radius 1 is 0.823 bits per heavy atom. The normalized spacial score (nSPS) is 13.6. The van der Waals surface area contributed by atoms with Crippen LogP contribution < -0.4 is 26.4 Å². The summed E-state index contributed by atoms with van der Waals surface area (Å²) in [5.41, 5.74) is 5.71. The molecule has 0 saturated carbocycles. The van der Waals surface area contributed by atoms with Gasteiger partial charge in [0, 0.05) is 74.9 Å². The maximum absolute atomic E-state index is 14.9. The van der Waals surface area contributed by atoms with Crippen molar-refractivity contribution in [1.29, 1.82) is 0 Å². The van der Waals surface area contributed by atoms with Crippen molar-refractivity contribution in [2.24, 2.45) is 0 Å². The van der Waals surface area contributed by atoms with Gasteiger partial charge in [0.15, 0.2) is 0 Å². The maximum atomic E-state index is 14.9. The highest BCUT2D eigenvalue weighted by molar-refractivity contribution is 6.76. The van der Waals surface area contributed by atoms with Gasteiger partial charge in [0.05, 0.1) is 23.7 Å². The summed E-state index contributed by atoms with van der Waals surface area (Å²) in [6.45, 7) is 4.33. The van der Waals surface area contributed by atoms with Gasteiger partial charge in [-0.1, -0.05) is 148 Å². The quantitative estimate of drug-likeness (QED) is 0.0397. The molecule has 79 heavy (non-hydrogen) atoms. The number of rotatable bonds is 17. The summed E-state index contributed by atoms with van der Waals surface area (Å²) in [5.74, 6) is -3.66. The molecule has 0 spiro atoms. The van der Waals surface area contributed by atoms with E-state index in [-0.39, 0.29) is 60.3 Å². The molecule has 1 aromatic heterocycles. The van der Waals surface area contributed by atoms with E-state index in [0.717, 1.165) is 35.5 Å². The van der Waals surface area contributed by atoms with Crippen LogP contribution in [-0.4, -0.2) is 113 Å². The number of hydrogen-bond donors (Lipinski definition) is 8. The summed E-state index contributed by atoms with van der Waals surface area (Å²) in [6.07, 6.45) is 0.421. The third-order valence-electron chi connectivity index (χ3n) is 12.3. The van der Waals surface area contributed by atoms with Gasteiger partial charge in [-0.3, -0.25) is 19.7 Å². The number of aromatic nitrogens is 1. The SMILES string of the molecule is CC(Cc1cc(CC(=O)NCc2ccc(N(C)C(=O)CCN3CCC(OC(=O)Nc4ccccc4-c4ccccc4)CC3)cc2)ccc1F)NC[C@H](O)c1ccc(O)c2[nH]c(=O)ccc12.O=C(O)C(Cl)(Cl)Cl.O=C(O)C(Cl)(Cl)Cl. The number of aromatic amines is 1. The van der Waals surface area contributed by atoms with Gasteiger partial charge in [-0.25, -0.2) is 18.8 Å². The number of ether oxygens (including phenoxy) is 1. The molecule has 0 bridgehead atoms. The first-order chi connectivity index (χ1) is 37.3. The number of carbonyl (C=O) groups excluding carboxylic acids is 3. The first kappa shape index (κ1) is 63.6. The molecule has 1 aliphatic rings. The number of aliphatic carboxylic acids is 2. The number of phenolic OH excluding ortho intramolecular Hbond substituents is 1. The third kappa shape index (κ3) is 20.5. The monoisotopic (exact) mass is 1210 g/mol. The van der Waals surface area contributed by atoms with E-state index >= 15 is 0 Å². The number of carboxylic acid groups (broad SMARTS) is 2. The van der Waals surface area contributed by atoms with Crippen LogP contribution in [0.4, 0.5) is 20.6 Å². The summed E-state index contributed by atoms with van der Waals surface area (Å²) < 4.78 is 16.3. The number of nitrogens with zero attached hydrogens (tertiary/aromatic N) is 2. The van der Waals surface area contributed by atoms with Gasteiger partial charge in [0.1, 0.15) is 17.7 Å². The fourth-order valence-corrected chi connectivity index (χ4v) is 8.12. The van der Waals surface area contributed by atoms with Crippen LogP contribution in [-0.2, 0) is 43.3 Å².